The van der Waals surface area contributed by atoms with Gasteiger partial charge in [-0.2, -0.15) is 0 Å². The lowest BCUT2D eigenvalue weighted by Gasteiger charge is -2.68. The number of hydrogen-bond acceptors (Lipinski definition) is 18. The SMILES string of the molecule is CO[C@H]1[C@H](O)[C@H](O[C@H]2CC[C@@]3(C)[C@H](C2)[C@H](OC(C)=O)C[C@]2(O)[C@@H]3CC[C@]3(C)[C@@H](c4ccc(=O)oc4)[C@@H](OC(C)=O)C[C@@]32O)O[C@@H](C)[C@@H]1O[C@@H]1O[C@H](CO)[C@@H](O)[C@H](O)[C@H]1O. The van der Waals surface area contributed by atoms with Crippen molar-refractivity contribution in [2.75, 3.05) is 13.7 Å². The van der Waals surface area contributed by atoms with Crippen LogP contribution in [0.15, 0.2) is 27.6 Å². The monoisotopic (exact) mass is 840 g/mol. The average molecular weight is 841 g/mol. The number of fused-ring (bicyclic) bond motifs is 5. The van der Waals surface area contributed by atoms with Crippen LogP contribution in [-0.2, 0) is 42.7 Å². The summed E-state index contributed by atoms with van der Waals surface area (Å²) in [6.45, 7) is 7.47. The van der Waals surface area contributed by atoms with Crippen LogP contribution in [0.4, 0.5) is 0 Å². The largest absolute Gasteiger partial charge is 0.462 e. The minimum Gasteiger partial charge on any atom is -0.462 e. The molecule has 4 saturated carbocycles. The summed E-state index contributed by atoms with van der Waals surface area (Å²) in [5.74, 6) is -2.59. The molecule has 18 nitrogen and oxygen atoms in total. The van der Waals surface area contributed by atoms with Gasteiger partial charge in [-0.3, -0.25) is 9.59 Å². The third-order valence-electron chi connectivity index (χ3n) is 15.1. The molecule has 1 aromatic heterocycles. The van der Waals surface area contributed by atoms with Crippen molar-refractivity contribution < 1.29 is 82.9 Å². The zero-order valence-corrected chi connectivity index (χ0v) is 34.2. The van der Waals surface area contributed by atoms with Crippen LogP contribution in [0.3, 0.4) is 0 Å². The maximum absolute atomic E-state index is 13.2. The number of rotatable bonds is 9. The van der Waals surface area contributed by atoms with E-state index in [4.69, 9.17) is 37.6 Å². The molecule has 1 aromatic rings. The van der Waals surface area contributed by atoms with Crippen molar-refractivity contribution in [3.63, 3.8) is 0 Å². The predicted octanol–water partition coefficient (Wildman–Crippen LogP) is -0.230. The minimum atomic E-state index is -1.83. The van der Waals surface area contributed by atoms with E-state index >= 15 is 0 Å². The van der Waals surface area contributed by atoms with E-state index in [-0.39, 0.29) is 18.8 Å². The van der Waals surface area contributed by atoms with Gasteiger partial charge in [-0.15, -0.1) is 0 Å². The first-order valence-corrected chi connectivity index (χ1v) is 20.6. The van der Waals surface area contributed by atoms with Crippen LogP contribution < -0.4 is 5.63 Å². The van der Waals surface area contributed by atoms with Crippen LogP contribution in [0.2, 0.25) is 0 Å². The van der Waals surface area contributed by atoms with Crippen molar-refractivity contribution in [2.24, 2.45) is 22.7 Å². The number of methoxy groups -OCH3 is 1. The van der Waals surface area contributed by atoms with E-state index in [0.29, 0.717) is 37.7 Å². The molecule has 0 aromatic carbocycles. The Kier molecular flexibility index (Phi) is 12.3. The summed E-state index contributed by atoms with van der Waals surface area (Å²) >= 11 is 0. The number of carbonyl (C=O) groups is 2. The quantitative estimate of drug-likeness (QED) is 0.125. The summed E-state index contributed by atoms with van der Waals surface area (Å²) in [6.07, 6.45) is -12.2. The second kappa shape index (κ2) is 16.3. The molecular weight excluding hydrogens is 780 g/mol. The first kappa shape index (κ1) is 44.5. The second-order valence-electron chi connectivity index (χ2n) is 18.2. The summed E-state index contributed by atoms with van der Waals surface area (Å²) in [5, 5.41) is 78.5. The fourth-order valence-corrected chi connectivity index (χ4v) is 12.3. The molecule has 2 aliphatic heterocycles. The summed E-state index contributed by atoms with van der Waals surface area (Å²) in [4.78, 5) is 37.1. The van der Waals surface area contributed by atoms with Crippen LogP contribution in [0, 0.1) is 22.7 Å². The van der Waals surface area contributed by atoms with E-state index in [0.717, 1.165) is 0 Å². The van der Waals surface area contributed by atoms with Gasteiger partial charge in [0.15, 0.2) is 12.6 Å². The number of ether oxygens (including phenoxy) is 7. The minimum absolute atomic E-state index is 0.101. The van der Waals surface area contributed by atoms with Gasteiger partial charge >= 0.3 is 17.6 Å². The van der Waals surface area contributed by atoms with Crippen molar-refractivity contribution in [1.29, 1.82) is 0 Å². The highest BCUT2D eigenvalue weighted by Gasteiger charge is 2.78. The predicted molar refractivity (Wildman–Crippen MR) is 199 cm³/mol. The molecule has 0 amide bonds. The van der Waals surface area contributed by atoms with Crippen LogP contribution in [0.25, 0.3) is 0 Å². The Morgan fingerprint density at radius 1 is 0.847 bits per heavy atom. The molecule has 18 heteroatoms. The Morgan fingerprint density at radius 2 is 1.53 bits per heavy atom. The lowest BCUT2D eigenvalue weighted by molar-refractivity contribution is -0.363. The molecule has 3 heterocycles. The van der Waals surface area contributed by atoms with Crippen LogP contribution in [0.5, 0.6) is 0 Å². The molecule has 0 bridgehead atoms. The molecule has 59 heavy (non-hydrogen) atoms. The molecule has 20 atom stereocenters. The summed E-state index contributed by atoms with van der Waals surface area (Å²) in [5.41, 5.74) is -5.39. The summed E-state index contributed by atoms with van der Waals surface area (Å²) in [6, 6.07) is 2.87. The topological polar surface area (TPSA) is 271 Å². The Balaban J connectivity index is 1.11. The van der Waals surface area contributed by atoms with Gasteiger partial charge in [-0.25, -0.2) is 4.79 Å². The molecule has 2 saturated heterocycles. The van der Waals surface area contributed by atoms with Crippen LogP contribution in [-0.4, -0.2) is 152 Å². The Morgan fingerprint density at radius 3 is 2.15 bits per heavy atom. The Hall–Kier alpha value is -2.59. The zero-order chi connectivity index (χ0) is 43.0. The average Bonchev–Trinajstić information content (AvgIpc) is 3.40. The highest BCUT2D eigenvalue weighted by Crippen LogP contribution is 2.72. The molecule has 6 fully saturated rings. The van der Waals surface area contributed by atoms with Gasteiger partial charge in [-0.05, 0) is 62.0 Å². The fourth-order valence-electron chi connectivity index (χ4n) is 12.3. The van der Waals surface area contributed by atoms with Crippen molar-refractivity contribution in [1.82, 2.24) is 0 Å². The third kappa shape index (κ3) is 7.27. The van der Waals surface area contributed by atoms with Crippen molar-refractivity contribution in [3.8, 4) is 0 Å². The fraction of sp³-hybridized carbons (Fsp3) is 0.829. The normalized spacial score (nSPS) is 49.6. The second-order valence-corrected chi connectivity index (χ2v) is 18.2. The number of aliphatic hydroxyl groups excluding tert-OH is 5. The zero-order valence-electron chi connectivity index (χ0n) is 34.2. The number of hydrogen-bond donors (Lipinski definition) is 7. The van der Waals surface area contributed by atoms with Crippen molar-refractivity contribution in [3.05, 3.63) is 34.4 Å². The lowest BCUT2D eigenvalue weighted by atomic mass is 9.40. The van der Waals surface area contributed by atoms with E-state index in [1.807, 2.05) is 13.8 Å². The molecular formula is C41H60O18. The summed E-state index contributed by atoms with van der Waals surface area (Å²) < 4.78 is 46.8. The highest BCUT2D eigenvalue weighted by molar-refractivity contribution is 5.67. The number of aliphatic hydroxyl groups is 7. The Labute approximate surface area is 341 Å². The van der Waals surface area contributed by atoms with Crippen LogP contribution >= 0.6 is 0 Å². The van der Waals surface area contributed by atoms with Gasteiger partial charge in [0.05, 0.1) is 25.1 Å². The molecule has 0 radical (unpaired) electrons. The first-order chi connectivity index (χ1) is 27.7. The van der Waals surface area contributed by atoms with E-state index in [1.54, 1.807) is 13.0 Å². The first-order valence-electron chi connectivity index (χ1n) is 20.6. The molecule has 0 unspecified atom stereocenters. The maximum Gasteiger partial charge on any atom is 0.335 e. The van der Waals surface area contributed by atoms with Gasteiger partial charge in [0, 0.05) is 57.1 Å². The van der Waals surface area contributed by atoms with Gasteiger partial charge in [0.25, 0.3) is 0 Å². The third-order valence-corrected chi connectivity index (χ3v) is 15.1. The van der Waals surface area contributed by atoms with Gasteiger partial charge < -0.3 is 73.3 Å². The van der Waals surface area contributed by atoms with E-state index in [1.165, 1.54) is 33.3 Å². The van der Waals surface area contributed by atoms with Gasteiger partial charge in [-0.1, -0.05) is 13.8 Å². The number of carbonyl (C=O) groups excluding carboxylic acids is 2. The standard InChI is InChI=1S/C41H60O18/c1-18-34(59-36-32(48)31(47)30(46)26(16-42)58-36)35(52-6)33(49)37(54-18)57-22-9-11-38(4)23(13-22)24(55-19(2)43)14-40(50)27(38)10-12-39(5)29(21-7-8-28(45)53-17-21)25(56-20(3)44)15-41(39,40)51/h7-8,17-18,22-27,29-37,42,46-51H,9-16H2,1-6H3/t18-,22-,23+,24+,25-,26+,27+,29-,30+,31-,32+,33-,34-,35-,36-,37-,38-,39+,40-,41+/m0/s1. The van der Waals surface area contributed by atoms with Gasteiger partial charge in [0.2, 0.25) is 0 Å². The van der Waals surface area contributed by atoms with Crippen molar-refractivity contribution >= 4 is 11.9 Å². The van der Waals surface area contributed by atoms with Crippen molar-refractivity contribution in [2.45, 2.75) is 176 Å². The van der Waals surface area contributed by atoms with Crippen LogP contribution in [0.1, 0.15) is 91.0 Å². The van der Waals surface area contributed by atoms with E-state index in [9.17, 15) is 50.1 Å². The maximum atomic E-state index is 13.2. The molecule has 6 aliphatic rings. The summed E-state index contributed by atoms with van der Waals surface area (Å²) in [7, 11) is 1.35. The number of esters is 2. The highest BCUT2D eigenvalue weighted by atomic mass is 16.7. The Bertz CT molecular complexity index is 1740. The lowest BCUT2D eigenvalue weighted by Crippen LogP contribution is -2.75. The molecule has 4 aliphatic carbocycles. The molecule has 332 valence electrons. The molecule has 7 rings (SSSR count). The van der Waals surface area contributed by atoms with E-state index in [2.05, 4.69) is 0 Å². The van der Waals surface area contributed by atoms with E-state index < -0.39 is 138 Å². The smallest absolute Gasteiger partial charge is 0.335 e. The molecule has 0 spiro atoms. The van der Waals surface area contributed by atoms with Gasteiger partial charge in [0.1, 0.15) is 66.1 Å². The molecule has 7 N–H and O–H groups in total.